The van der Waals surface area contributed by atoms with Crippen molar-refractivity contribution in [2.75, 3.05) is 11.9 Å². The molecule has 0 radical (unpaired) electrons. The van der Waals surface area contributed by atoms with E-state index < -0.39 is 6.61 Å². The molecule has 0 saturated heterocycles. The minimum Gasteiger partial charge on any atom is -0.433 e. The number of amides is 1. The van der Waals surface area contributed by atoms with Gasteiger partial charge < -0.3 is 15.4 Å². The molecule has 0 aliphatic heterocycles. The van der Waals surface area contributed by atoms with Crippen molar-refractivity contribution in [3.63, 3.8) is 0 Å². The van der Waals surface area contributed by atoms with Crippen LogP contribution in [0.25, 0.3) is 0 Å². The fourth-order valence-electron chi connectivity index (χ4n) is 2.77. The van der Waals surface area contributed by atoms with Crippen molar-refractivity contribution >= 4 is 23.2 Å². The van der Waals surface area contributed by atoms with Gasteiger partial charge in [0.15, 0.2) is 0 Å². The molecule has 1 aliphatic carbocycles. The third kappa shape index (κ3) is 5.53. The molecule has 7 heteroatoms. The number of alkyl halides is 2. The molecule has 2 atom stereocenters. The SMILES string of the molecule is C[C@H]1CCCC[C@@H]1NC(=O)CNc1ccc(OC(F)F)c(Cl)c1. The van der Waals surface area contributed by atoms with Crippen molar-refractivity contribution in [3.05, 3.63) is 23.2 Å². The van der Waals surface area contributed by atoms with Crippen LogP contribution < -0.4 is 15.4 Å². The highest BCUT2D eigenvalue weighted by Crippen LogP contribution is 2.29. The predicted molar refractivity (Wildman–Crippen MR) is 86.1 cm³/mol. The number of nitrogens with one attached hydrogen (secondary N) is 2. The van der Waals surface area contributed by atoms with Crippen LogP contribution in [0.5, 0.6) is 5.75 Å². The average molecular weight is 347 g/mol. The maximum atomic E-state index is 12.2. The van der Waals surface area contributed by atoms with Gasteiger partial charge in [-0.15, -0.1) is 0 Å². The van der Waals surface area contributed by atoms with Gasteiger partial charge in [0.2, 0.25) is 5.91 Å². The van der Waals surface area contributed by atoms with Gasteiger partial charge in [-0.1, -0.05) is 31.4 Å². The fourth-order valence-corrected chi connectivity index (χ4v) is 3.00. The number of hydrogen-bond acceptors (Lipinski definition) is 3. The number of hydrogen-bond donors (Lipinski definition) is 2. The minimum absolute atomic E-state index is 0.0663. The number of carbonyl (C=O) groups excluding carboxylic acids is 1. The minimum atomic E-state index is -2.92. The van der Waals surface area contributed by atoms with Gasteiger partial charge in [-0.25, -0.2) is 0 Å². The van der Waals surface area contributed by atoms with E-state index in [0.29, 0.717) is 11.6 Å². The summed E-state index contributed by atoms with van der Waals surface area (Å²) < 4.78 is 28.6. The van der Waals surface area contributed by atoms with Crippen molar-refractivity contribution in [2.24, 2.45) is 5.92 Å². The quantitative estimate of drug-likeness (QED) is 0.817. The number of anilines is 1. The summed E-state index contributed by atoms with van der Waals surface area (Å²) in [7, 11) is 0. The molecule has 0 bridgehead atoms. The monoisotopic (exact) mass is 346 g/mol. The number of benzene rings is 1. The molecule has 23 heavy (non-hydrogen) atoms. The van der Waals surface area contributed by atoms with Crippen LogP contribution in [0.1, 0.15) is 32.6 Å². The first kappa shape index (κ1) is 17.8. The molecule has 2 rings (SSSR count). The summed E-state index contributed by atoms with van der Waals surface area (Å²) in [6, 6.07) is 4.57. The Morgan fingerprint density at radius 3 is 2.78 bits per heavy atom. The molecule has 128 valence electrons. The average Bonchev–Trinajstić information content (AvgIpc) is 2.49. The molecular formula is C16H21ClF2N2O2. The summed E-state index contributed by atoms with van der Waals surface area (Å²) in [6.07, 6.45) is 4.51. The predicted octanol–water partition coefficient (Wildman–Crippen LogP) is 4.05. The molecule has 1 aromatic rings. The maximum Gasteiger partial charge on any atom is 0.387 e. The van der Waals surface area contributed by atoms with Gasteiger partial charge in [-0.05, 0) is 37.0 Å². The smallest absolute Gasteiger partial charge is 0.387 e. The Hall–Kier alpha value is -1.56. The molecule has 0 unspecified atom stereocenters. The Labute approximate surface area is 139 Å². The normalized spacial score (nSPS) is 21.1. The maximum absolute atomic E-state index is 12.2. The van der Waals surface area contributed by atoms with E-state index in [9.17, 15) is 13.6 Å². The number of ether oxygens (including phenoxy) is 1. The molecule has 1 aliphatic rings. The lowest BCUT2D eigenvalue weighted by molar-refractivity contribution is -0.120. The summed E-state index contributed by atoms with van der Waals surface area (Å²) in [6.45, 7) is -0.664. The van der Waals surface area contributed by atoms with E-state index in [0.717, 1.165) is 19.3 Å². The van der Waals surface area contributed by atoms with Gasteiger partial charge in [0.25, 0.3) is 0 Å². The van der Waals surface area contributed by atoms with Crippen LogP contribution in [0.4, 0.5) is 14.5 Å². The topological polar surface area (TPSA) is 50.4 Å². The van der Waals surface area contributed by atoms with Crippen LogP contribution in [0.3, 0.4) is 0 Å². The van der Waals surface area contributed by atoms with Crippen molar-refractivity contribution in [1.29, 1.82) is 0 Å². The highest BCUT2D eigenvalue weighted by molar-refractivity contribution is 6.32. The first-order valence-corrected chi connectivity index (χ1v) is 8.11. The Bertz CT molecular complexity index is 543. The third-order valence-electron chi connectivity index (χ3n) is 4.06. The first-order chi connectivity index (χ1) is 11.0. The van der Waals surface area contributed by atoms with Crippen molar-refractivity contribution < 1.29 is 18.3 Å². The highest BCUT2D eigenvalue weighted by Gasteiger charge is 2.22. The zero-order chi connectivity index (χ0) is 16.8. The summed E-state index contributed by atoms with van der Waals surface area (Å²) in [5.74, 6) is 0.313. The van der Waals surface area contributed by atoms with Gasteiger partial charge in [0.05, 0.1) is 11.6 Å². The van der Waals surface area contributed by atoms with Gasteiger partial charge in [-0.3, -0.25) is 4.79 Å². The van der Waals surface area contributed by atoms with E-state index in [1.54, 1.807) is 6.07 Å². The van der Waals surface area contributed by atoms with E-state index in [2.05, 4.69) is 22.3 Å². The highest BCUT2D eigenvalue weighted by atomic mass is 35.5. The van der Waals surface area contributed by atoms with Crippen LogP contribution in [-0.4, -0.2) is 25.1 Å². The zero-order valence-corrected chi connectivity index (χ0v) is 13.7. The van der Waals surface area contributed by atoms with E-state index >= 15 is 0 Å². The first-order valence-electron chi connectivity index (χ1n) is 7.73. The second kappa shape index (κ2) is 8.34. The van der Waals surface area contributed by atoms with Crippen molar-refractivity contribution in [3.8, 4) is 5.75 Å². The lowest BCUT2D eigenvalue weighted by atomic mass is 9.86. The molecule has 4 nitrogen and oxygen atoms in total. The van der Waals surface area contributed by atoms with Crippen LogP contribution >= 0.6 is 11.6 Å². The Balaban J connectivity index is 1.83. The molecule has 0 aromatic heterocycles. The number of halogens is 3. The molecule has 0 spiro atoms. The molecule has 1 saturated carbocycles. The Morgan fingerprint density at radius 1 is 1.39 bits per heavy atom. The fraction of sp³-hybridized carbons (Fsp3) is 0.562. The largest absolute Gasteiger partial charge is 0.433 e. The second-order valence-electron chi connectivity index (χ2n) is 5.81. The molecule has 2 N–H and O–H groups in total. The Morgan fingerprint density at radius 2 is 2.13 bits per heavy atom. The summed E-state index contributed by atoms with van der Waals surface area (Å²) in [4.78, 5) is 12.0. The van der Waals surface area contributed by atoms with Crippen LogP contribution in [0, 0.1) is 5.92 Å². The molecule has 1 aromatic carbocycles. The van der Waals surface area contributed by atoms with E-state index in [1.807, 2.05) is 0 Å². The van der Waals surface area contributed by atoms with Gasteiger partial charge in [0, 0.05) is 11.7 Å². The number of rotatable bonds is 6. The van der Waals surface area contributed by atoms with Gasteiger partial charge in [-0.2, -0.15) is 8.78 Å². The van der Waals surface area contributed by atoms with E-state index in [-0.39, 0.29) is 29.3 Å². The lowest BCUT2D eigenvalue weighted by Gasteiger charge is -2.29. The lowest BCUT2D eigenvalue weighted by Crippen LogP contribution is -2.43. The third-order valence-corrected chi connectivity index (χ3v) is 4.35. The van der Waals surface area contributed by atoms with Crippen molar-refractivity contribution in [1.82, 2.24) is 5.32 Å². The van der Waals surface area contributed by atoms with Crippen LogP contribution in [0.15, 0.2) is 18.2 Å². The molecular weight excluding hydrogens is 326 g/mol. The summed E-state index contributed by atoms with van der Waals surface area (Å²) >= 11 is 5.86. The van der Waals surface area contributed by atoms with Gasteiger partial charge >= 0.3 is 6.61 Å². The van der Waals surface area contributed by atoms with Gasteiger partial charge in [0.1, 0.15) is 5.75 Å². The molecule has 1 amide bonds. The molecule has 0 heterocycles. The second-order valence-corrected chi connectivity index (χ2v) is 6.22. The number of carbonyl (C=O) groups is 1. The zero-order valence-electron chi connectivity index (χ0n) is 13.0. The van der Waals surface area contributed by atoms with Crippen molar-refractivity contribution in [2.45, 2.75) is 45.3 Å². The van der Waals surface area contributed by atoms with E-state index in [1.165, 1.54) is 18.6 Å². The summed E-state index contributed by atoms with van der Waals surface area (Å²) in [5, 5.41) is 6.03. The Kier molecular flexibility index (Phi) is 6.45. The summed E-state index contributed by atoms with van der Waals surface area (Å²) in [5.41, 5.74) is 0.573. The van der Waals surface area contributed by atoms with E-state index in [4.69, 9.17) is 11.6 Å². The molecule has 1 fully saturated rings. The van der Waals surface area contributed by atoms with Crippen LogP contribution in [0.2, 0.25) is 5.02 Å². The van der Waals surface area contributed by atoms with Crippen LogP contribution in [-0.2, 0) is 4.79 Å². The standard InChI is InChI=1S/C16H21ClF2N2O2/c1-10-4-2-3-5-13(10)21-15(22)9-20-11-6-7-14(12(17)8-11)23-16(18)19/h6-8,10,13,16,20H,2-5,9H2,1H3,(H,21,22)/t10-,13-/m0/s1.